The van der Waals surface area contributed by atoms with Gasteiger partial charge in [0.05, 0.1) is 11.4 Å². The lowest BCUT2D eigenvalue weighted by molar-refractivity contribution is 0.0956. The molecular weight excluding hydrogens is 316 g/mol. The lowest BCUT2D eigenvalue weighted by atomic mass is 10.1. The highest BCUT2D eigenvalue weighted by atomic mass is 16.5. The first kappa shape index (κ1) is 17.0. The van der Waals surface area contributed by atoms with Crippen LogP contribution in [0.5, 0.6) is 0 Å². The Hall–Kier alpha value is -2.89. The first-order valence-corrected chi connectivity index (χ1v) is 8.37. The number of anilines is 1. The smallest absolute Gasteiger partial charge is 0.297 e. The Balaban J connectivity index is 1.81. The van der Waals surface area contributed by atoms with Crippen molar-refractivity contribution in [3.63, 3.8) is 0 Å². The first-order chi connectivity index (χ1) is 12.0. The fourth-order valence-electron chi connectivity index (χ4n) is 2.60. The molecule has 0 aliphatic heterocycles. The first-order valence-electron chi connectivity index (χ1n) is 8.37. The summed E-state index contributed by atoms with van der Waals surface area (Å²) in [4.78, 5) is 14.1. The van der Waals surface area contributed by atoms with Crippen LogP contribution in [0.25, 0.3) is 11.3 Å². The molecule has 1 aromatic carbocycles. The maximum atomic E-state index is 12.6. The minimum atomic E-state index is -0.273. The van der Waals surface area contributed by atoms with E-state index in [4.69, 9.17) is 4.52 Å². The Labute approximate surface area is 146 Å². The zero-order valence-corrected chi connectivity index (χ0v) is 14.9. The van der Waals surface area contributed by atoms with Gasteiger partial charge < -0.3 is 4.52 Å². The Morgan fingerprint density at radius 2 is 2.08 bits per heavy atom. The molecule has 6 heteroatoms. The number of amides is 1. The summed E-state index contributed by atoms with van der Waals surface area (Å²) in [5.41, 5.74) is 3.86. The number of aryl methyl sites for hydroxylation is 1. The number of rotatable bonds is 5. The van der Waals surface area contributed by atoms with E-state index in [1.54, 1.807) is 13.1 Å². The van der Waals surface area contributed by atoms with Crippen LogP contribution in [-0.4, -0.2) is 28.3 Å². The standard InChI is InChI=1S/C19H22N4O2/c1-5-12(2)15-10-17(25-22-15)19(24)23(4)18-11-16(20-21-18)14-9-7-6-8-13(14)3/h6-12H,5H2,1-4H3,(H,20,21)/t12-/m1/s1. The van der Waals surface area contributed by atoms with E-state index in [2.05, 4.69) is 29.2 Å². The zero-order valence-electron chi connectivity index (χ0n) is 14.9. The van der Waals surface area contributed by atoms with Crippen LogP contribution >= 0.6 is 0 Å². The summed E-state index contributed by atoms with van der Waals surface area (Å²) in [5, 5.41) is 11.2. The summed E-state index contributed by atoms with van der Waals surface area (Å²) >= 11 is 0. The third-order valence-electron chi connectivity index (χ3n) is 4.50. The van der Waals surface area contributed by atoms with Crippen LogP contribution in [0.4, 0.5) is 5.82 Å². The molecule has 0 aliphatic rings. The Bertz CT molecular complexity index is 881. The largest absolute Gasteiger partial charge is 0.351 e. The summed E-state index contributed by atoms with van der Waals surface area (Å²) in [5.74, 6) is 0.738. The number of nitrogens with zero attached hydrogens (tertiary/aromatic N) is 3. The predicted molar refractivity (Wildman–Crippen MR) is 96.7 cm³/mol. The van der Waals surface area contributed by atoms with E-state index in [9.17, 15) is 4.79 Å². The van der Waals surface area contributed by atoms with Crippen molar-refractivity contribution in [2.75, 3.05) is 11.9 Å². The van der Waals surface area contributed by atoms with Gasteiger partial charge in [0.2, 0.25) is 5.76 Å². The van der Waals surface area contributed by atoms with Gasteiger partial charge in [0.1, 0.15) is 0 Å². The van der Waals surface area contributed by atoms with E-state index in [0.717, 1.165) is 28.9 Å². The van der Waals surface area contributed by atoms with Crippen LogP contribution in [0.15, 0.2) is 40.9 Å². The molecule has 0 saturated heterocycles. The van der Waals surface area contributed by atoms with E-state index in [0.29, 0.717) is 5.82 Å². The van der Waals surface area contributed by atoms with E-state index in [1.165, 1.54) is 4.90 Å². The van der Waals surface area contributed by atoms with Crippen molar-refractivity contribution in [3.05, 3.63) is 53.4 Å². The summed E-state index contributed by atoms with van der Waals surface area (Å²) in [6.45, 7) is 6.16. The van der Waals surface area contributed by atoms with Crippen LogP contribution in [0, 0.1) is 6.92 Å². The van der Waals surface area contributed by atoms with Crippen molar-refractivity contribution in [1.29, 1.82) is 0 Å². The second-order valence-corrected chi connectivity index (χ2v) is 6.24. The number of aromatic amines is 1. The van der Waals surface area contributed by atoms with Gasteiger partial charge in [0.15, 0.2) is 5.82 Å². The van der Waals surface area contributed by atoms with Crippen molar-refractivity contribution in [3.8, 4) is 11.3 Å². The van der Waals surface area contributed by atoms with Crippen LogP contribution in [0.1, 0.15) is 48.0 Å². The monoisotopic (exact) mass is 338 g/mol. The molecule has 0 fully saturated rings. The maximum absolute atomic E-state index is 12.6. The number of nitrogens with one attached hydrogen (secondary N) is 1. The van der Waals surface area contributed by atoms with Gasteiger partial charge in [-0.15, -0.1) is 0 Å². The highest BCUT2D eigenvalue weighted by Gasteiger charge is 2.22. The van der Waals surface area contributed by atoms with Crippen LogP contribution < -0.4 is 4.90 Å². The summed E-state index contributed by atoms with van der Waals surface area (Å²) in [6.07, 6.45) is 0.940. The molecule has 0 unspecified atom stereocenters. The number of hydrogen-bond donors (Lipinski definition) is 1. The van der Waals surface area contributed by atoms with E-state index >= 15 is 0 Å². The molecule has 3 rings (SSSR count). The molecule has 25 heavy (non-hydrogen) atoms. The molecular formula is C19H22N4O2. The number of H-pyrrole nitrogens is 1. The fraction of sp³-hybridized carbons (Fsp3) is 0.316. The molecule has 0 radical (unpaired) electrons. The van der Waals surface area contributed by atoms with Crippen molar-refractivity contribution >= 4 is 11.7 Å². The molecule has 0 saturated carbocycles. The number of benzene rings is 1. The molecule has 0 bridgehead atoms. The highest BCUT2D eigenvalue weighted by molar-refractivity contribution is 6.03. The molecule has 0 aliphatic carbocycles. The molecule has 130 valence electrons. The summed E-state index contributed by atoms with van der Waals surface area (Å²) in [7, 11) is 1.67. The number of carbonyl (C=O) groups is 1. The van der Waals surface area contributed by atoms with Gasteiger partial charge in [-0.2, -0.15) is 5.10 Å². The van der Waals surface area contributed by atoms with Crippen LogP contribution in [0.3, 0.4) is 0 Å². The SMILES string of the molecule is CC[C@@H](C)c1cc(C(=O)N(C)c2cc(-c3ccccc3C)[nH]n2)on1. The van der Waals surface area contributed by atoms with Crippen molar-refractivity contribution in [2.24, 2.45) is 0 Å². The molecule has 3 aromatic rings. The second kappa shape index (κ2) is 6.93. The van der Waals surface area contributed by atoms with Crippen LogP contribution in [0.2, 0.25) is 0 Å². The number of aromatic nitrogens is 3. The maximum Gasteiger partial charge on any atom is 0.297 e. The second-order valence-electron chi connectivity index (χ2n) is 6.24. The van der Waals surface area contributed by atoms with Gasteiger partial charge in [-0.05, 0) is 18.9 Å². The van der Waals surface area contributed by atoms with Crippen LogP contribution in [-0.2, 0) is 0 Å². The van der Waals surface area contributed by atoms with Gasteiger partial charge >= 0.3 is 0 Å². The third kappa shape index (κ3) is 3.33. The number of hydrogen-bond acceptors (Lipinski definition) is 4. The molecule has 2 heterocycles. The summed E-state index contributed by atoms with van der Waals surface area (Å²) < 4.78 is 5.22. The van der Waals surface area contributed by atoms with Gasteiger partial charge in [-0.25, -0.2) is 0 Å². The van der Waals surface area contributed by atoms with Gasteiger partial charge in [-0.3, -0.25) is 14.8 Å². The average Bonchev–Trinajstić information content (AvgIpc) is 3.30. The fourth-order valence-corrected chi connectivity index (χ4v) is 2.60. The molecule has 1 N–H and O–H groups in total. The number of carbonyl (C=O) groups excluding carboxylic acids is 1. The lowest BCUT2D eigenvalue weighted by Crippen LogP contribution is -2.26. The van der Waals surface area contributed by atoms with E-state index in [1.807, 2.05) is 37.3 Å². The lowest BCUT2D eigenvalue weighted by Gasteiger charge is -2.11. The molecule has 0 spiro atoms. The van der Waals surface area contributed by atoms with E-state index in [-0.39, 0.29) is 17.6 Å². The molecule has 1 atom stereocenters. The van der Waals surface area contributed by atoms with Crippen molar-refractivity contribution < 1.29 is 9.32 Å². The minimum Gasteiger partial charge on any atom is -0.351 e. The van der Waals surface area contributed by atoms with Crippen molar-refractivity contribution in [2.45, 2.75) is 33.1 Å². The minimum absolute atomic E-state index is 0.221. The molecule has 2 aromatic heterocycles. The Kier molecular flexibility index (Phi) is 4.70. The Morgan fingerprint density at radius 1 is 1.32 bits per heavy atom. The topological polar surface area (TPSA) is 75.0 Å². The average molecular weight is 338 g/mol. The highest BCUT2D eigenvalue weighted by Crippen LogP contribution is 2.25. The third-order valence-corrected chi connectivity index (χ3v) is 4.50. The van der Waals surface area contributed by atoms with Gasteiger partial charge in [0, 0.05) is 30.7 Å². The van der Waals surface area contributed by atoms with Crippen molar-refractivity contribution in [1.82, 2.24) is 15.4 Å². The van der Waals surface area contributed by atoms with Gasteiger partial charge in [-0.1, -0.05) is 43.3 Å². The predicted octanol–water partition coefficient (Wildman–Crippen LogP) is 4.16. The molecule has 1 amide bonds. The zero-order chi connectivity index (χ0) is 18.0. The van der Waals surface area contributed by atoms with E-state index < -0.39 is 0 Å². The normalized spacial score (nSPS) is 12.2. The molecule has 6 nitrogen and oxygen atoms in total. The quantitative estimate of drug-likeness (QED) is 0.758. The van der Waals surface area contributed by atoms with Gasteiger partial charge in [0.25, 0.3) is 5.91 Å². The summed E-state index contributed by atoms with van der Waals surface area (Å²) in [6, 6.07) is 11.6. The Morgan fingerprint density at radius 3 is 2.80 bits per heavy atom.